The van der Waals surface area contributed by atoms with E-state index in [1.165, 1.54) is 24.8 Å². The summed E-state index contributed by atoms with van der Waals surface area (Å²) in [5, 5.41) is 0. The molecule has 3 nitrogen and oxygen atoms in total. The number of carbonyl (C=O) groups is 2. The third-order valence-electron chi connectivity index (χ3n) is 3.65. The fourth-order valence-electron chi connectivity index (χ4n) is 2.93. The zero-order chi connectivity index (χ0) is 14.4. The van der Waals surface area contributed by atoms with Gasteiger partial charge in [0.2, 0.25) is 0 Å². The maximum atomic E-state index is 11.4. The van der Waals surface area contributed by atoms with Crippen LogP contribution in [0, 0.1) is 17.8 Å². The Kier molecular flexibility index (Phi) is 6.26. The van der Waals surface area contributed by atoms with Crippen LogP contribution in [0.25, 0.3) is 0 Å². The lowest BCUT2D eigenvalue weighted by atomic mass is 9.90. The molecule has 19 heavy (non-hydrogen) atoms. The minimum atomic E-state index is -0.382. The lowest BCUT2D eigenvalue weighted by Crippen LogP contribution is -2.08. The van der Waals surface area contributed by atoms with Crippen molar-refractivity contribution >= 4 is 11.9 Å². The molecule has 0 spiro atoms. The average Bonchev–Trinajstić information content (AvgIpc) is 2.56. The molecule has 0 N–H and O–H groups in total. The third-order valence-corrected chi connectivity index (χ3v) is 3.65. The zero-order valence-corrected chi connectivity index (χ0v) is 12.6. The van der Waals surface area contributed by atoms with Crippen LogP contribution in [0.15, 0.2) is 11.6 Å². The fraction of sp³-hybridized carbons (Fsp3) is 0.750. The molecular formula is C16H26O3. The Morgan fingerprint density at radius 3 is 2.63 bits per heavy atom. The standard InChI is InChI=1S/C16H26O3/c1-5-6-11(2)7-12(3)8-13(4)9-14-10-15(17)19-16(14)18/h8,11-12,14H,5-7,9-10H2,1-4H3/b13-8+/t11-,12+,14+/m0/s1. The third kappa shape index (κ3) is 5.58. The Bertz CT molecular complexity index is 357. The van der Waals surface area contributed by atoms with Crippen LogP contribution in [-0.4, -0.2) is 11.9 Å². The minimum absolute atomic E-state index is 0.241. The Labute approximate surface area is 116 Å². The molecular weight excluding hydrogens is 240 g/mol. The minimum Gasteiger partial charge on any atom is -0.393 e. The monoisotopic (exact) mass is 266 g/mol. The first kappa shape index (κ1) is 15.9. The maximum absolute atomic E-state index is 11.4. The van der Waals surface area contributed by atoms with Crippen molar-refractivity contribution in [2.75, 3.05) is 0 Å². The van der Waals surface area contributed by atoms with Gasteiger partial charge < -0.3 is 4.74 Å². The van der Waals surface area contributed by atoms with Gasteiger partial charge in [-0.1, -0.05) is 45.3 Å². The molecule has 3 heteroatoms. The summed E-state index contributed by atoms with van der Waals surface area (Å²) in [6.07, 6.45) is 6.80. The Morgan fingerprint density at radius 2 is 2.11 bits per heavy atom. The summed E-state index contributed by atoms with van der Waals surface area (Å²) >= 11 is 0. The molecule has 1 heterocycles. The summed E-state index contributed by atoms with van der Waals surface area (Å²) < 4.78 is 4.57. The molecule has 0 bridgehead atoms. The largest absolute Gasteiger partial charge is 0.393 e. The van der Waals surface area contributed by atoms with Crippen molar-refractivity contribution in [3.63, 3.8) is 0 Å². The van der Waals surface area contributed by atoms with Gasteiger partial charge in [0.05, 0.1) is 12.3 Å². The lowest BCUT2D eigenvalue weighted by molar-refractivity contribution is -0.153. The number of hydrogen-bond acceptors (Lipinski definition) is 3. The van der Waals surface area contributed by atoms with Gasteiger partial charge in [-0.3, -0.25) is 9.59 Å². The van der Waals surface area contributed by atoms with Crippen molar-refractivity contribution < 1.29 is 14.3 Å². The van der Waals surface area contributed by atoms with E-state index in [1.807, 2.05) is 6.92 Å². The number of hydrogen-bond donors (Lipinski definition) is 0. The molecule has 1 aliphatic heterocycles. The van der Waals surface area contributed by atoms with E-state index in [0.717, 1.165) is 5.92 Å². The smallest absolute Gasteiger partial charge is 0.317 e. The van der Waals surface area contributed by atoms with E-state index in [1.54, 1.807) is 0 Å². The van der Waals surface area contributed by atoms with Gasteiger partial charge in [-0.2, -0.15) is 0 Å². The second kappa shape index (κ2) is 7.46. The molecule has 1 aliphatic rings. The molecule has 3 atom stereocenters. The summed E-state index contributed by atoms with van der Waals surface area (Å²) in [5.41, 5.74) is 1.19. The van der Waals surface area contributed by atoms with Gasteiger partial charge in [0.15, 0.2) is 0 Å². The highest BCUT2D eigenvalue weighted by Gasteiger charge is 2.33. The van der Waals surface area contributed by atoms with Gasteiger partial charge in [-0.25, -0.2) is 0 Å². The molecule has 0 amide bonds. The molecule has 0 aromatic carbocycles. The first-order chi connectivity index (χ1) is 8.92. The van der Waals surface area contributed by atoms with E-state index in [4.69, 9.17) is 0 Å². The average molecular weight is 266 g/mol. The van der Waals surface area contributed by atoms with Gasteiger partial charge in [-0.05, 0) is 31.6 Å². The normalized spacial score (nSPS) is 23.4. The highest BCUT2D eigenvalue weighted by molar-refractivity contribution is 5.94. The van der Waals surface area contributed by atoms with Crippen LogP contribution >= 0.6 is 0 Å². The van der Waals surface area contributed by atoms with Gasteiger partial charge in [0.1, 0.15) is 0 Å². The Balaban J connectivity index is 2.43. The Morgan fingerprint density at radius 1 is 1.42 bits per heavy atom. The maximum Gasteiger partial charge on any atom is 0.317 e. The van der Waals surface area contributed by atoms with Crippen molar-refractivity contribution in [2.45, 2.75) is 59.8 Å². The summed E-state index contributed by atoms with van der Waals surface area (Å²) in [5.74, 6) is 0.262. The number of esters is 2. The van der Waals surface area contributed by atoms with Crippen molar-refractivity contribution in [3.8, 4) is 0 Å². The molecule has 0 unspecified atom stereocenters. The first-order valence-electron chi connectivity index (χ1n) is 7.34. The van der Waals surface area contributed by atoms with E-state index in [2.05, 4.69) is 31.6 Å². The molecule has 0 saturated carbocycles. The predicted molar refractivity (Wildman–Crippen MR) is 75.4 cm³/mol. The van der Waals surface area contributed by atoms with Crippen molar-refractivity contribution in [1.82, 2.24) is 0 Å². The second-order valence-corrected chi connectivity index (χ2v) is 6.02. The molecule has 0 aliphatic carbocycles. The van der Waals surface area contributed by atoms with E-state index in [-0.39, 0.29) is 24.3 Å². The molecule has 1 fully saturated rings. The SMILES string of the molecule is CCC[C@H](C)C[C@@H](C)/C=C(\C)C[C@@H]1CC(=O)OC1=O. The van der Waals surface area contributed by atoms with Crippen LogP contribution in [0.1, 0.15) is 59.8 Å². The van der Waals surface area contributed by atoms with Crippen LogP contribution < -0.4 is 0 Å². The van der Waals surface area contributed by atoms with Gasteiger partial charge in [-0.15, -0.1) is 0 Å². The van der Waals surface area contributed by atoms with E-state index in [0.29, 0.717) is 12.3 Å². The number of cyclic esters (lactones) is 2. The number of ether oxygens (including phenoxy) is 1. The van der Waals surface area contributed by atoms with Crippen LogP contribution in [0.5, 0.6) is 0 Å². The van der Waals surface area contributed by atoms with Crippen molar-refractivity contribution in [1.29, 1.82) is 0 Å². The zero-order valence-electron chi connectivity index (χ0n) is 12.6. The number of allylic oxidation sites excluding steroid dienone is 2. The molecule has 108 valence electrons. The molecule has 0 radical (unpaired) electrons. The predicted octanol–water partition coefficient (Wildman–Crippen LogP) is 3.87. The van der Waals surface area contributed by atoms with Gasteiger partial charge in [0.25, 0.3) is 0 Å². The summed E-state index contributed by atoms with van der Waals surface area (Å²) in [4.78, 5) is 22.4. The number of carbonyl (C=O) groups excluding carboxylic acids is 2. The number of rotatable bonds is 7. The fourth-order valence-corrected chi connectivity index (χ4v) is 2.93. The van der Waals surface area contributed by atoms with Crippen LogP contribution in [0.3, 0.4) is 0 Å². The van der Waals surface area contributed by atoms with Crippen LogP contribution in [0.2, 0.25) is 0 Å². The first-order valence-corrected chi connectivity index (χ1v) is 7.34. The molecule has 1 rings (SSSR count). The topological polar surface area (TPSA) is 43.4 Å². The second-order valence-electron chi connectivity index (χ2n) is 6.02. The summed E-state index contributed by atoms with van der Waals surface area (Å²) in [6.45, 7) is 8.76. The molecule has 0 aromatic heterocycles. The van der Waals surface area contributed by atoms with E-state index < -0.39 is 0 Å². The van der Waals surface area contributed by atoms with Gasteiger partial charge in [0, 0.05) is 0 Å². The highest BCUT2D eigenvalue weighted by Crippen LogP contribution is 2.25. The van der Waals surface area contributed by atoms with Gasteiger partial charge >= 0.3 is 11.9 Å². The quantitative estimate of drug-likeness (QED) is 0.399. The van der Waals surface area contributed by atoms with Crippen molar-refractivity contribution in [3.05, 3.63) is 11.6 Å². The highest BCUT2D eigenvalue weighted by atomic mass is 16.6. The van der Waals surface area contributed by atoms with Crippen LogP contribution in [-0.2, 0) is 14.3 Å². The van der Waals surface area contributed by atoms with Crippen molar-refractivity contribution in [2.24, 2.45) is 17.8 Å². The van der Waals surface area contributed by atoms with E-state index in [9.17, 15) is 9.59 Å². The molecule has 0 aromatic rings. The summed E-state index contributed by atoms with van der Waals surface area (Å²) in [6, 6.07) is 0. The molecule has 1 saturated heterocycles. The summed E-state index contributed by atoms with van der Waals surface area (Å²) in [7, 11) is 0. The lowest BCUT2D eigenvalue weighted by Gasteiger charge is -2.15. The van der Waals surface area contributed by atoms with Crippen LogP contribution in [0.4, 0.5) is 0 Å². The Hall–Kier alpha value is -1.12. The van der Waals surface area contributed by atoms with E-state index >= 15 is 0 Å².